The zero-order valence-electron chi connectivity index (χ0n) is 11.9. The van der Waals surface area contributed by atoms with Crippen LogP contribution in [0, 0.1) is 5.92 Å². The molecule has 0 fully saturated rings. The van der Waals surface area contributed by atoms with Crippen molar-refractivity contribution in [3.63, 3.8) is 0 Å². The molecule has 0 aromatic carbocycles. The fourth-order valence-electron chi connectivity index (χ4n) is 2.25. The maximum atomic E-state index is 3.39. The third kappa shape index (κ3) is 4.95. The first-order valence-electron chi connectivity index (χ1n) is 7.00. The minimum atomic E-state index is 0.520. The van der Waals surface area contributed by atoms with E-state index in [2.05, 4.69) is 56.2 Å². The highest BCUT2D eigenvalue weighted by Gasteiger charge is 2.09. The lowest BCUT2D eigenvalue weighted by Crippen LogP contribution is -2.15. The molecular weight excluding hydrogens is 208 g/mol. The molecule has 0 aliphatic carbocycles. The third-order valence-corrected chi connectivity index (χ3v) is 3.30. The molecule has 0 aliphatic rings. The van der Waals surface area contributed by atoms with Gasteiger partial charge in [0.15, 0.2) is 0 Å². The summed E-state index contributed by atoms with van der Waals surface area (Å²) in [4.78, 5) is 0. The molecule has 0 saturated carbocycles. The normalized spacial score (nSPS) is 13.2. The summed E-state index contributed by atoms with van der Waals surface area (Å²) in [5.41, 5.74) is 1.43. The highest BCUT2D eigenvalue weighted by atomic mass is 14.9. The van der Waals surface area contributed by atoms with Crippen molar-refractivity contribution in [2.75, 3.05) is 7.05 Å². The molecule has 2 nitrogen and oxygen atoms in total. The highest BCUT2D eigenvalue weighted by molar-refractivity contribution is 5.15. The van der Waals surface area contributed by atoms with Crippen LogP contribution in [0.25, 0.3) is 0 Å². The number of aryl methyl sites for hydroxylation is 1. The van der Waals surface area contributed by atoms with Gasteiger partial charge in [-0.3, -0.25) is 0 Å². The molecule has 1 atom stereocenters. The molecule has 0 bridgehead atoms. The number of hydrogen-bond acceptors (Lipinski definition) is 1. The molecule has 0 amide bonds. The van der Waals surface area contributed by atoms with E-state index in [4.69, 9.17) is 0 Å². The summed E-state index contributed by atoms with van der Waals surface area (Å²) in [5.74, 6) is 0.815. The SMILES string of the molecule is CCCC(NC)c1ccn(CCCC(C)C)c1. The predicted molar refractivity (Wildman–Crippen MR) is 75.2 cm³/mol. The summed E-state index contributed by atoms with van der Waals surface area (Å²) in [7, 11) is 2.05. The van der Waals surface area contributed by atoms with E-state index in [0.717, 1.165) is 12.5 Å². The summed E-state index contributed by atoms with van der Waals surface area (Å²) in [5, 5.41) is 3.39. The molecule has 0 radical (unpaired) electrons. The Morgan fingerprint density at radius 3 is 2.65 bits per heavy atom. The van der Waals surface area contributed by atoms with Crippen LogP contribution in [0.2, 0.25) is 0 Å². The molecule has 1 aromatic heterocycles. The highest BCUT2D eigenvalue weighted by Crippen LogP contribution is 2.18. The molecule has 1 rings (SSSR count). The quantitative estimate of drug-likeness (QED) is 0.722. The molecule has 0 saturated heterocycles. The van der Waals surface area contributed by atoms with Crippen LogP contribution in [0.15, 0.2) is 18.5 Å². The van der Waals surface area contributed by atoms with Crippen molar-refractivity contribution >= 4 is 0 Å². The topological polar surface area (TPSA) is 17.0 Å². The van der Waals surface area contributed by atoms with Gasteiger partial charge in [-0.05, 0) is 43.9 Å². The first-order valence-corrected chi connectivity index (χ1v) is 7.00. The summed E-state index contributed by atoms with van der Waals surface area (Å²) in [6.45, 7) is 7.98. The van der Waals surface area contributed by atoms with Crippen LogP contribution in [-0.2, 0) is 6.54 Å². The van der Waals surface area contributed by atoms with E-state index >= 15 is 0 Å². The second-order valence-electron chi connectivity index (χ2n) is 5.35. The standard InChI is InChI=1S/C15H28N2/c1-5-7-15(16-4)14-9-11-17(12-14)10-6-8-13(2)3/h9,11-13,15-16H,5-8,10H2,1-4H3. The Hall–Kier alpha value is -0.760. The van der Waals surface area contributed by atoms with Gasteiger partial charge in [-0.1, -0.05) is 27.2 Å². The molecular formula is C15H28N2. The van der Waals surface area contributed by atoms with Crippen molar-refractivity contribution in [1.82, 2.24) is 9.88 Å². The summed E-state index contributed by atoms with van der Waals surface area (Å²) >= 11 is 0. The Morgan fingerprint density at radius 1 is 1.29 bits per heavy atom. The van der Waals surface area contributed by atoms with E-state index < -0.39 is 0 Å². The smallest absolute Gasteiger partial charge is 0.0332 e. The molecule has 1 heterocycles. The minimum absolute atomic E-state index is 0.520. The van der Waals surface area contributed by atoms with Crippen LogP contribution >= 0.6 is 0 Å². The van der Waals surface area contributed by atoms with Crippen molar-refractivity contribution in [2.45, 2.75) is 59.0 Å². The van der Waals surface area contributed by atoms with Crippen LogP contribution in [0.3, 0.4) is 0 Å². The van der Waals surface area contributed by atoms with Crippen molar-refractivity contribution in [2.24, 2.45) is 5.92 Å². The lowest BCUT2D eigenvalue weighted by Gasteiger charge is -2.13. The molecule has 0 aliphatic heterocycles. The monoisotopic (exact) mass is 236 g/mol. The fourth-order valence-corrected chi connectivity index (χ4v) is 2.25. The largest absolute Gasteiger partial charge is 0.354 e. The minimum Gasteiger partial charge on any atom is -0.354 e. The fraction of sp³-hybridized carbons (Fsp3) is 0.733. The van der Waals surface area contributed by atoms with E-state index in [1.807, 2.05) is 0 Å². The van der Waals surface area contributed by atoms with Gasteiger partial charge in [0, 0.05) is 25.0 Å². The first kappa shape index (κ1) is 14.3. The Kier molecular flexibility index (Phi) is 6.35. The van der Waals surface area contributed by atoms with Gasteiger partial charge in [0.25, 0.3) is 0 Å². The zero-order valence-corrected chi connectivity index (χ0v) is 11.9. The third-order valence-electron chi connectivity index (χ3n) is 3.30. The van der Waals surface area contributed by atoms with Crippen molar-refractivity contribution in [3.8, 4) is 0 Å². The number of rotatable bonds is 8. The van der Waals surface area contributed by atoms with Gasteiger partial charge in [-0.2, -0.15) is 0 Å². The number of nitrogens with one attached hydrogen (secondary N) is 1. The molecule has 1 N–H and O–H groups in total. The van der Waals surface area contributed by atoms with Gasteiger partial charge >= 0.3 is 0 Å². The molecule has 0 spiro atoms. The average molecular weight is 236 g/mol. The van der Waals surface area contributed by atoms with Gasteiger partial charge in [0.2, 0.25) is 0 Å². The van der Waals surface area contributed by atoms with Gasteiger partial charge in [0.1, 0.15) is 0 Å². The van der Waals surface area contributed by atoms with Crippen molar-refractivity contribution in [1.29, 1.82) is 0 Å². The van der Waals surface area contributed by atoms with Crippen molar-refractivity contribution in [3.05, 3.63) is 24.0 Å². The van der Waals surface area contributed by atoms with E-state index in [9.17, 15) is 0 Å². The van der Waals surface area contributed by atoms with Crippen LogP contribution in [0.4, 0.5) is 0 Å². The zero-order chi connectivity index (χ0) is 12.7. The lowest BCUT2D eigenvalue weighted by molar-refractivity contribution is 0.509. The van der Waals surface area contributed by atoms with Crippen LogP contribution in [0.1, 0.15) is 58.1 Å². The van der Waals surface area contributed by atoms with Gasteiger partial charge in [-0.15, -0.1) is 0 Å². The Balaban J connectivity index is 2.46. The van der Waals surface area contributed by atoms with Gasteiger partial charge in [0.05, 0.1) is 0 Å². The van der Waals surface area contributed by atoms with Gasteiger partial charge < -0.3 is 9.88 Å². The Morgan fingerprint density at radius 2 is 2.06 bits per heavy atom. The maximum Gasteiger partial charge on any atom is 0.0332 e. The molecule has 2 heteroatoms. The molecule has 1 aromatic rings. The maximum absolute atomic E-state index is 3.39. The van der Waals surface area contributed by atoms with E-state index in [-0.39, 0.29) is 0 Å². The second-order valence-corrected chi connectivity index (χ2v) is 5.35. The van der Waals surface area contributed by atoms with Gasteiger partial charge in [-0.25, -0.2) is 0 Å². The second kappa shape index (κ2) is 7.54. The Bertz CT molecular complexity index is 302. The average Bonchev–Trinajstić information content (AvgIpc) is 2.74. The molecule has 98 valence electrons. The predicted octanol–water partition coefficient (Wildman–Crippen LogP) is 3.98. The first-order chi connectivity index (χ1) is 8.17. The number of aromatic nitrogens is 1. The molecule has 17 heavy (non-hydrogen) atoms. The summed E-state index contributed by atoms with van der Waals surface area (Å²) < 4.78 is 2.33. The lowest BCUT2D eigenvalue weighted by atomic mass is 10.1. The summed E-state index contributed by atoms with van der Waals surface area (Å²) in [6.07, 6.45) is 9.56. The summed E-state index contributed by atoms with van der Waals surface area (Å²) in [6, 6.07) is 2.78. The Labute approximate surface area is 106 Å². The van der Waals surface area contributed by atoms with E-state index in [1.165, 1.54) is 31.2 Å². The van der Waals surface area contributed by atoms with E-state index in [1.54, 1.807) is 0 Å². The number of hydrogen-bond donors (Lipinski definition) is 1. The van der Waals surface area contributed by atoms with Crippen LogP contribution in [-0.4, -0.2) is 11.6 Å². The van der Waals surface area contributed by atoms with Crippen LogP contribution in [0.5, 0.6) is 0 Å². The van der Waals surface area contributed by atoms with Crippen molar-refractivity contribution < 1.29 is 0 Å². The molecule has 1 unspecified atom stereocenters. The van der Waals surface area contributed by atoms with E-state index in [0.29, 0.717) is 6.04 Å². The van der Waals surface area contributed by atoms with Crippen LogP contribution < -0.4 is 5.32 Å². The number of nitrogens with zero attached hydrogens (tertiary/aromatic N) is 1.